The predicted molar refractivity (Wildman–Crippen MR) is 94.2 cm³/mol. The first-order valence-corrected chi connectivity index (χ1v) is 8.22. The fraction of sp³-hybridized carbons (Fsp3) is 0.176. The summed E-state index contributed by atoms with van der Waals surface area (Å²) >= 11 is 1.26. The second-order valence-corrected chi connectivity index (χ2v) is 6.43. The molecule has 2 heterocycles. The number of benzene rings is 1. The van der Waals surface area contributed by atoms with E-state index in [0.717, 1.165) is 22.2 Å². The van der Waals surface area contributed by atoms with Crippen molar-refractivity contribution in [3.63, 3.8) is 0 Å². The lowest BCUT2D eigenvalue weighted by Crippen LogP contribution is -2.15. The van der Waals surface area contributed by atoms with Gasteiger partial charge in [0.25, 0.3) is 5.91 Å². The summed E-state index contributed by atoms with van der Waals surface area (Å²) in [6.07, 6.45) is 0.0584. The van der Waals surface area contributed by atoms with Gasteiger partial charge in [-0.05, 0) is 32.0 Å². The summed E-state index contributed by atoms with van der Waals surface area (Å²) in [6.45, 7) is 3.82. The highest BCUT2D eigenvalue weighted by Crippen LogP contribution is 2.22. The van der Waals surface area contributed by atoms with Crippen molar-refractivity contribution < 1.29 is 9.59 Å². The monoisotopic (exact) mass is 340 g/mol. The molecule has 0 radical (unpaired) electrons. The molecule has 0 unspecified atom stereocenters. The van der Waals surface area contributed by atoms with Crippen LogP contribution in [-0.4, -0.2) is 21.8 Å². The summed E-state index contributed by atoms with van der Waals surface area (Å²) in [4.78, 5) is 32.3. The van der Waals surface area contributed by atoms with E-state index in [0.29, 0.717) is 16.4 Å². The van der Waals surface area contributed by atoms with Crippen molar-refractivity contribution in [2.45, 2.75) is 20.3 Å². The number of nitrogens with zero attached hydrogens (tertiary/aromatic N) is 2. The maximum absolute atomic E-state index is 12.7. The molecular formula is C17H16N4O2S. The number of aryl methyl sites for hydroxylation is 2. The van der Waals surface area contributed by atoms with Crippen LogP contribution in [0.3, 0.4) is 0 Å². The molecular weight excluding hydrogens is 324 g/mol. The molecule has 0 bridgehead atoms. The molecule has 0 aliphatic rings. The highest BCUT2D eigenvalue weighted by Gasteiger charge is 2.14. The fourth-order valence-corrected chi connectivity index (χ4v) is 3.15. The van der Waals surface area contributed by atoms with E-state index in [2.05, 4.69) is 15.3 Å². The average molecular weight is 340 g/mol. The largest absolute Gasteiger partial charge is 0.369 e. The number of fused-ring (bicyclic) bond motifs is 1. The third-order valence-corrected chi connectivity index (χ3v) is 4.27. The minimum Gasteiger partial charge on any atom is -0.369 e. The lowest BCUT2D eigenvalue weighted by Gasteiger charge is -2.08. The Balaban J connectivity index is 1.92. The van der Waals surface area contributed by atoms with Gasteiger partial charge in [0, 0.05) is 16.5 Å². The lowest BCUT2D eigenvalue weighted by molar-refractivity contribution is -0.117. The number of thiazole rings is 1. The SMILES string of the molecule is Cc1ccc2nc(C)cc(C(=O)Nc3nc(CC(N)=O)cs3)c2c1. The summed E-state index contributed by atoms with van der Waals surface area (Å²) < 4.78 is 0. The van der Waals surface area contributed by atoms with Gasteiger partial charge < -0.3 is 5.73 Å². The number of anilines is 1. The minimum atomic E-state index is -0.454. The quantitative estimate of drug-likeness (QED) is 0.762. The van der Waals surface area contributed by atoms with Crippen LogP contribution in [0.2, 0.25) is 0 Å². The number of pyridine rings is 1. The second-order valence-electron chi connectivity index (χ2n) is 5.57. The highest BCUT2D eigenvalue weighted by atomic mass is 32.1. The third kappa shape index (κ3) is 3.41. The molecule has 3 N–H and O–H groups in total. The Morgan fingerprint density at radius 2 is 2.00 bits per heavy atom. The molecule has 0 aliphatic heterocycles. The van der Waals surface area contributed by atoms with Gasteiger partial charge in [-0.3, -0.25) is 19.9 Å². The molecule has 6 nitrogen and oxygen atoms in total. The molecule has 3 rings (SSSR count). The Kier molecular flexibility index (Phi) is 4.26. The first kappa shape index (κ1) is 16.1. The molecule has 7 heteroatoms. The number of nitrogens with one attached hydrogen (secondary N) is 1. The van der Waals surface area contributed by atoms with Gasteiger partial charge in [0.05, 0.1) is 23.2 Å². The van der Waals surface area contributed by atoms with Gasteiger partial charge in [0.2, 0.25) is 5.91 Å². The lowest BCUT2D eigenvalue weighted by atomic mass is 10.0. The van der Waals surface area contributed by atoms with Gasteiger partial charge in [-0.1, -0.05) is 11.6 Å². The Morgan fingerprint density at radius 3 is 2.75 bits per heavy atom. The van der Waals surface area contributed by atoms with E-state index in [-0.39, 0.29) is 12.3 Å². The zero-order chi connectivity index (χ0) is 17.3. The van der Waals surface area contributed by atoms with Crippen LogP contribution in [0.5, 0.6) is 0 Å². The van der Waals surface area contributed by atoms with Gasteiger partial charge in [-0.2, -0.15) is 0 Å². The number of nitrogens with two attached hydrogens (primary N) is 1. The highest BCUT2D eigenvalue weighted by molar-refractivity contribution is 7.14. The van der Waals surface area contributed by atoms with E-state index in [9.17, 15) is 9.59 Å². The van der Waals surface area contributed by atoms with Crippen LogP contribution >= 0.6 is 11.3 Å². The van der Waals surface area contributed by atoms with Crippen LogP contribution in [0.1, 0.15) is 27.3 Å². The molecule has 0 atom stereocenters. The number of primary amides is 1. The first-order chi connectivity index (χ1) is 11.4. The number of amides is 2. The third-order valence-electron chi connectivity index (χ3n) is 3.46. The van der Waals surface area contributed by atoms with Crippen LogP contribution < -0.4 is 11.1 Å². The molecule has 0 saturated heterocycles. The first-order valence-electron chi connectivity index (χ1n) is 7.34. The molecule has 122 valence electrons. The molecule has 3 aromatic rings. The van der Waals surface area contributed by atoms with Crippen molar-refractivity contribution in [3.8, 4) is 0 Å². The number of hydrogen-bond acceptors (Lipinski definition) is 5. The number of hydrogen-bond donors (Lipinski definition) is 2. The van der Waals surface area contributed by atoms with E-state index in [1.807, 2.05) is 32.0 Å². The van der Waals surface area contributed by atoms with Gasteiger partial charge in [0.15, 0.2) is 5.13 Å². The van der Waals surface area contributed by atoms with E-state index in [1.165, 1.54) is 11.3 Å². The summed E-state index contributed by atoms with van der Waals surface area (Å²) in [7, 11) is 0. The van der Waals surface area contributed by atoms with Crippen molar-refractivity contribution in [2.75, 3.05) is 5.32 Å². The van der Waals surface area contributed by atoms with E-state index >= 15 is 0 Å². The van der Waals surface area contributed by atoms with Crippen molar-refractivity contribution >= 4 is 39.2 Å². The van der Waals surface area contributed by atoms with Crippen LogP contribution in [0.15, 0.2) is 29.6 Å². The smallest absolute Gasteiger partial charge is 0.258 e. The van der Waals surface area contributed by atoms with E-state index in [4.69, 9.17) is 5.73 Å². The normalized spacial score (nSPS) is 10.8. The molecule has 2 aromatic heterocycles. The molecule has 24 heavy (non-hydrogen) atoms. The second kappa shape index (κ2) is 6.37. The average Bonchev–Trinajstić information content (AvgIpc) is 2.93. The van der Waals surface area contributed by atoms with Crippen molar-refractivity contribution in [1.82, 2.24) is 9.97 Å². The zero-order valence-corrected chi connectivity index (χ0v) is 14.1. The van der Waals surface area contributed by atoms with Crippen LogP contribution in [-0.2, 0) is 11.2 Å². The van der Waals surface area contributed by atoms with E-state index < -0.39 is 5.91 Å². The number of carbonyl (C=O) groups excluding carboxylic acids is 2. The molecule has 2 amide bonds. The van der Waals surface area contributed by atoms with Gasteiger partial charge in [-0.25, -0.2) is 4.98 Å². The topological polar surface area (TPSA) is 98.0 Å². The van der Waals surface area contributed by atoms with Crippen molar-refractivity contribution in [1.29, 1.82) is 0 Å². The van der Waals surface area contributed by atoms with Crippen LogP contribution in [0, 0.1) is 13.8 Å². The molecule has 1 aromatic carbocycles. The van der Waals surface area contributed by atoms with Gasteiger partial charge in [-0.15, -0.1) is 11.3 Å². The Bertz CT molecular complexity index is 949. The Morgan fingerprint density at radius 1 is 1.21 bits per heavy atom. The van der Waals surface area contributed by atoms with Crippen LogP contribution in [0.4, 0.5) is 5.13 Å². The minimum absolute atomic E-state index is 0.0584. The summed E-state index contributed by atoms with van der Waals surface area (Å²) in [5.74, 6) is -0.708. The summed E-state index contributed by atoms with van der Waals surface area (Å²) in [5, 5.41) is 5.72. The molecule has 0 spiro atoms. The zero-order valence-electron chi connectivity index (χ0n) is 13.3. The number of rotatable bonds is 4. The molecule has 0 aliphatic carbocycles. The molecule has 0 fully saturated rings. The summed E-state index contributed by atoms with van der Waals surface area (Å²) in [5.41, 5.74) is 8.85. The molecule has 0 saturated carbocycles. The maximum Gasteiger partial charge on any atom is 0.258 e. The standard InChI is InChI=1S/C17H16N4O2S/c1-9-3-4-14-12(5-9)13(6-10(2)19-14)16(23)21-17-20-11(8-24-17)7-15(18)22/h3-6,8H,7H2,1-2H3,(H2,18,22)(H,20,21,23). The Labute approximate surface area is 142 Å². The predicted octanol–water partition coefficient (Wildman–Crippen LogP) is 2.59. The van der Waals surface area contributed by atoms with E-state index in [1.54, 1.807) is 11.4 Å². The van der Waals surface area contributed by atoms with Crippen molar-refractivity contribution in [3.05, 3.63) is 52.2 Å². The van der Waals surface area contributed by atoms with Gasteiger partial charge in [0.1, 0.15) is 0 Å². The number of carbonyl (C=O) groups is 2. The maximum atomic E-state index is 12.7. The fourth-order valence-electron chi connectivity index (χ4n) is 2.45. The summed E-state index contributed by atoms with van der Waals surface area (Å²) in [6, 6.07) is 7.57. The van der Waals surface area contributed by atoms with Gasteiger partial charge >= 0.3 is 0 Å². The van der Waals surface area contributed by atoms with Crippen molar-refractivity contribution in [2.24, 2.45) is 5.73 Å². The van der Waals surface area contributed by atoms with Crippen LogP contribution in [0.25, 0.3) is 10.9 Å². The Hall–Kier alpha value is -2.80. The number of aromatic nitrogens is 2.